The van der Waals surface area contributed by atoms with Gasteiger partial charge in [0.15, 0.2) is 0 Å². The average molecular weight is 1230 g/mol. The third-order valence-electron chi connectivity index (χ3n) is 18.0. The highest BCUT2D eigenvalue weighted by Gasteiger charge is 2.36. The Morgan fingerprint density at radius 3 is 1.31 bits per heavy atom. The largest absolute Gasteiger partial charge is 0.354 e. The predicted molar refractivity (Wildman–Crippen MR) is 380 cm³/mol. The summed E-state index contributed by atoms with van der Waals surface area (Å²) in [4.78, 5) is 67.6. The number of amides is 2. The number of imidazole rings is 1. The van der Waals surface area contributed by atoms with E-state index in [1.807, 2.05) is 146 Å². The van der Waals surface area contributed by atoms with Gasteiger partial charge in [0.25, 0.3) is 11.8 Å². The first kappa shape index (κ1) is 59.9. The molecule has 0 aliphatic carbocycles. The number of fused-ring (bicyclic) bond motifs is 8. The summed E-state index contributed by atoms with van der Waals surface area (Å²) in [6, 6.07) is 52.7. The summed E-state index contributed by atoms with van der Waals surface area (Å²) < 4.78 is 1.98. The van der Waals surface area contributed by atoms with Crippen LogP contribution in [0.3, 0.4) is 0 Å². The number of pyridine rings is 3. The van der Waals surface area contributed by atoms with E-state index in [1.54, 1.807) is 18.7 Å². The van der Waals surface area contributed by atoms with Crippen LogP contribution in [0.5, 0.6) is 0 Å². The van der Waals surface area contributed by atoms with E-state index in [-0.39, 0.29) is 11.8 Å². The molecule has 13 heteroatoms. The fraction of sp³-hybridized carbons (Fsp3) is 0.136. The monoisotopic (exact) mass is 1230 g/mol. The topological polar surface area (TPSA) is 172 Å². The molecule has 8 bridgehead atoms. The summed E-state index contributed by atoms with van der Waals surface area (Å²) in [5.41, 5.74) is 26.5. The number of para-hydroxylation sites is 2. The minimum atomic E-state index is -0.818. The molecule has 0 saturated heterocycles. The van der Waals surface area contributed by atoms with Crippen LogP contribution in [0.2, 0.25) is 0 Å². The third kappa shape index (κ3) is 11.3. The Labute approximate surface area is 546 Å². The van der Waals surface area contributed by atoms with E-state index in [0.717, 1.165) is 139 Å². The zero-order chi connectivity index (χ0) is 64.9. The molecule has 0 fully saturated rings. The van der Waals surface area contributed by atoms with Gasteiger partial charge in [0, 0.05) is 110 Å². The van der Waals surface area contributed by atoms with Crippen molar-refractivity contribution in [3.63, 3.8) is 0 Å². The number of aromatic nitrogens is 9. The van der Waals surface area contributed by atoms with Gasteiger partial charge in [-0.3, -0.25) is 24.5 Å². The van der Waals surface area contributed by atoms with Crippen molar-refractivity contribution >= 4 is 69.6 Å². The molecule has 460 valence electrons. The van der Waals surface area contributed by atoms with Gasteiger partial charge in [0.2, 0.25) is 0 Å². The molecule has 5 aromatic carbocycles. The Hall–Kier alpha value is -11.7. The summed E-state index contributed by atoms with van der Waals surface area (Å²) in [6.45, 7) is 19.5. The molecule has 9 heterocycles. The normalized spacial score (nSPS) is 11.9. The minimum Gasteiger partial charge on any atom is -0.354 e. The van der Waals surface area contributed by atoms with Gasteiger partial charge >= 0.3 is 0 Å². The summed E-state index contributed by atoms with van der Waals surface area (Å²) in [6.07, 6.45) is 19.1. The maximum Gasteiger partial charge on any atom is 0.257 e. The lowest BCUT2D eigenvalue weighted by Gasteiger charge is -2.28. The van der Waals surface area contributed by atoms with Crippen LogP contribution in [-0.2, 0) is 12.0 Å². The molecule has 4 N–H and O–H groups in total. The molecule has 0 radical (unpaired) electrons. The second-order valence-corrected chi connectivity index (χ2v) is 25.0. The molecule has 0 spiro atoms. The standard InChI is InChI=1S/C81H69N11O2/c1-47-21-32-70(83-42-47)81(9,71-33-22-48(2)43-84-71)72-34-23-57(44-85-72)80(94)91-61-20-13-11-18-59(61)76-64-26-30-68(88-64)77(73-51(5)37-49(3)38-52(73)6)66-28-24-62(86-66)75(58-17-10-12-19-60(58)90-79(93)56-16-14-15-55(41-56)45-92-36-35-82-46-92)63-25-29-67(87-63)78(69-31-27-65(76)89-69)74-53(7)39-50(4)40-54(74)8/h10-44,46,86,89H,45H2,1-9H3,(H,90,93)(H,91,94). The van der Waals surface area contributed by atoms with Gasteiger partial charge < -0.3 is 25.2 Å². The first-order chi connectivity index (χ1) is 45.5. The van der Waals surface area contributed by atoms with Gasteiger partial charge in [0.05, 0.1) is 57.2 Å². The van der Waals surface area contributed by atoms with Crippen LogP contribution in [0.1, 0.15) is 118 Å². The molecule has 2 aliphatic heterocycles. The number of anilines is 2. The summed E-state index contributed by atoms with van der Waals surface area (Å²) in [7, 11) is 0. The zero-order valence-corrected chi connectivity index (χ0v) is 53.9. The van der Waals surface area contributed by atoms with E-state index in [9.17, 15) is 9.59 Å². The Morgan fingerprint density at radius 2 is 0.872 bits per heavy atom. The van der Waals surface area contributed by atoms with Gasteiger partial charge in [0.1, 0.15) is 0 Å². The Balaban J connectivity index is 0.966. The molecular weight excluding hydrogens is 1160 g/mol. The molecule has 94 heavy (non-hydrogen) atoms. The Morgan fingerprint density at radius 1 is 0.436 bits per heavy atom. The summed E-state index contributed by atoms with van der Waals surface area (Å²) in [5.74, 6) is -0.570. The fourth-order valence-corrected chi connectivity index (χ4v) is 13.6. The van der Waals surface area contributed by atoms with E-state index >= 15 is 0 Å². The number of aromatic amines is 2. The van der Waals surface area contributed by atoms with Crippen molar-refractivity contribution in [2.24, 2.45) is 0 Å². The van der Waals surface area contributed by atoms with Gasteiger partial charge in [-0.2, -0.15) is 0 Å². The van der Waals surface area contributed by atoms with Crippen molar-refractivity contribution in [2.45, 2.75) is 74.3 Å². The molecule has 13 nitrogen and oxygen atoms in total. The van der Waals surface area contributed by atoms with Crippen molar-refractivity contribution in [3.8, 4) is 44.5 Å². The molecule has 0 unspecified atom stereocenters. The molecular formula is C81H69N11O2. The van der Waals surface area contributed by atoms with Crippen molar-refractivity contribution < 1.29 is 9.59 Å². The third-order valence-corrected chi connectivity index (χ3v) is 18.0. The summed E-state index contributed by atoms with van der Waals surface area (Å²) in [5, 5.41) is 6.64. The molecule has 0 atom stereocenters. The second kappa shape index (κ2) is 24.5. The van der Waals surface area contributed by atoms with E-state index in [2.05, 4.69) is 147 Å². The number of carbonyl (C=O) groups is 2. The van der Waals surface area contributed by atoms with Gasteiger partial charge in [-0.05, 0) is 209 Å². The van der Waals surface area contributed by atoms with Crippen molar-refractivity contribution in [3.05, 3.63) is 296 Å². The number of nitrogens with one attached hydrogen (secondary N) is 4. The van der Waals surface area contributed by atoms with Gasteiger partial charge in [-0.1, -0.05) is 96.1 Å². The van der Waals surface area contributed by atoms with Crippen LogP contribution in [0, 0.1) is 55.4 Å². The van der Waals surface area contributed by atoms with Crippen LogP contribution in [0.4, 0.5) is 11.4 Å². The lowest BCUT2D eigenvalue weighted by molar-refractivity contribution is 0.101. The highest BCUT2D eigenvalue weighted by molar-refractivity contribution is 6.10. The maximum absolute atomic E-state index is 14.9. The second-order valence-electron chi connectivity index (χ2n) is 25.0. The lowest BCUT2D eigenvalue weighted by atomic mass is 9.78. The van der Waals surface area contributed by atoms with E-state index < -0.39 is 5.41 Å². The SMILES string of the molecule is Cc1ccc(C(C)(c2ccc(C)cn2)c2ccc(C(=O)Nc3ccccc3-c3c4nc(c(-c5c(C)cc(C)cc5C)c5ccc([nH]5)c(-c5ccccc5NC(=O)c5cccc(Cn6ccnc6)c5)c5nc(c(-c6c(C)cc(C)cc6C)c6ccc3[nH]6)C=C5)C=C4)cn2)nc1. The van der Waals surface area contributed by atoms with E-state index in [0.29, 0.717) is 46.1 Å². The molecule has 0 saturated carbocycles. The highest BCUT2D eigenvalue weighted by Crippen LogP contribution is 2.44. The Kier molecular flexibility index (Phi) is 15.6. The van der Waals surface area contributed by atoms with Crippen LogP contribution in [0.25, 0.3) is 90.9 Å². The number of aryl methyl sites for hydroxylation is 8. The van der Waals surface area contributed by atoms with Gasteiger partial charge in [-0.15, -0.1) is 0 Å². The number of benzene rings is 5. The van der Waals surface area contributed by atoms with E-state index in [1.165, 1.54) is 0 Å². The Bertz CT molecular complexity index is 5100. The van der Waals surface area contributed by atoms with Crippen LogP contribution >= 0.6 is 0 Å². The fourth-order valence-electron chi connectivity index (χ4n) is 13.6. The molecule has 2 amide bonds. The molecule has 12 aromatic rings. The zero-order valence-electron chi connectivity index (χ0n) is 53.9. The number of hydrogen-bond acceptors (Lipinski definition) is 8. The first-order valence-electron chi connectivity index (χ1n) is 31.6. The summed E-state index contributed by atoms with van der Waals surface area (Å²) >= 11 is 0. The molecule has 14 rings (SSSR count). The van der Waals surface area contributed by atoms with Crippen LogP contribution < -0.4 is 10.6 Å². The number of carbonyl (C=O) groups excluding carboxylic acids is 2. The predicted octanol–water partition coefficient (Wildman–Crippen LogP) is 18.1. The van der Waals surface area contributed by atoms with Crippen molar-refractivity contribution in [1.29, 1.82) is 0 Å². The number of nitrogens with zero attached hydrogens (tertiary/aromatic N) is 7. The number of rotatable bonds is 13. The van der Waals surface area contributed by atoms with Crippen LogP contribution in [-0.4, -0.2) is 56.3 Å². The number of hydrogen-bond donors (Lipinski definition) is 4. The highest BCUT2D eigenvalue weighted by atomic mass is 16.2. The van der Waals surface area contributed by atoms with Crippen molar-refractivity contribution in [2.75, 3.05) is 10.6 Å². The smallest absolute Gasteiger partial charge is 0.257 e. The quantitative estimate of drug-likeness (QED) is 0.0883. The van der Waals surface area contributed by atoms with Crippen molar-refractivity contribution in [1.82, 2.24) is 44.4 Å². The lowest BCUT2D eigenvalue weighted by Crippen LogP contribution is -2.29. The van der Waals surface area contributed by atoms with Gasteiger partial charge in [-0.25, -0.2) is 15.0 Å². The van der Waals surface area contributed by atoms with Crippen LogP contribution in [0.15, 0.2) is 195 Å². The molecule has 7 aromatic heterocycles. The van der Waals surface area contributed by atoms with E-state index in [4.69, 9.17) is 24.9 Å². The maximum atomic E-state index is 14.9. The molecule has 2 aliphatic rings. The minimum absolute atomic E-state index is 0.240. The average Bonchev–Trinajstić information content (AvgIpc) is 1.46. The first-order valence-corrected chi connectivity index (χ1v) is 31.6. The number of H-pyrrole nitrogens is 2.